The predicted octanol–water partition coefficient (Wildman–Crippen LogP) is 3.69. The first kappa shape index (κ1) is 38.6. The van der Waals surface area contributed by atoms with Gasteiger partial charge in [-0.25, -0.2) is 0 Å². The third kappa shape index (κ3) is 873. The van der Waals surface area contributed by atoms with E-state index in [1.807, 2.05) is 65.8 Å². The second kappa shape index (κ2) is 18.5. The molecule has 0 radical (unpaired) electrons. The van der Waals surface area contributed by atoms with Crippen molar-refractivity contribution >= 4 is 33.6 Å². The van der Waals surface area contributed by atoms with Crippen LogP contribution in [-0.2, 0) is 26.2 Å². The van der Waals surface area contributed by atoms with Gasteiger partial charge in [0.05, 0.1) is 0 Å². The van der Waals surface area contributed by atoms with Gasteiger partial charge >= 0.3 is 21.7 Å². The van der Waals surface area contributed by atoms with Gasteiger partial charge in [-0.05, 0) is 65.0 Å². The Kier molecular flexibility index (Phi) is 32.4. The molecule has 0 atom stereocenters. The number of rotatable bonds is 1. The molecule has 0 fully saturated rings. The Morgan fingerprint density at radius 1 is 0.773 bits per heavy atom. The first-order valence-electron chi connectivity index (χ1n) is 6.79. The van der Waals surface area contributed by atoms with Crippen LogP contribution in [0.3, 0.4) is 0 Å². The van der Waals surface area contributed by atoms with Crippen LogP contribution in [0.25, 0.3) is 0 Å². The predicted molar refractivity (Wildman–Crippen MR) is 105 cm³/mol. The van der Waals surface area contributed by atoms with Gasteiger partial charge in [-0.1, -0.05) is 6.92 Å². The molecule has 0 rings (SSSR count). The van der Waals surface area contributed by atoms with Crippen molar-refractivity contribution < 1.29 is 40.6 Å². The van der Waals surface area contributed by atoms with Crippen molar-refractivity contribution in [1.29, 1.82) is 0 Å². The van der Waals surface area contributed by atoms with Crippen LogP contribution in [0, 0.1) is 14.0 Å². The largest absolute Gasteiger partial charge is 2.00 e. The molecule has 0 amide bonds. The summed E-state index contributed by atoms with van der Waals surface area (Å²) >= 11 is 0. The minimum absolute atomic E-state index is 0. The second-order valence-corrected chi connectivity index (χ2v) is 22.2. The molecule has 0 saturated carbocycles. The third-order valence-corrected chi connectivity index (χ3v) is 1.18. The van der Waals surface area contributed by atoms with Crippen LogP contribution in [0.5, 0.6) is 0 Å². The molecule has 0 heterocycles. The van der Waals surface area contributed by atoms with Gasteiger partial charge in [0.1, 0.15) is 8.68 Å². The van der Waals surface area contributed by atoms with Gasteiger partial charge in [-0.15, -0.1) is 0 Å². The normalized spacial score (nSPS) is 9.86. The summed E-state index contributed by atoms with van der Waals surface area (Å²) in [5, 5.41) is 0. The molecule has 22 heavy (non-hydrogen) atoms. The Balaban J connectivity index is -0.0000000376. The molecule has 0 aromatic carbocycles. The fourth-order valence-electron chi connectivity index (χ4n) is 0. The molecule has 0 aliphatic heterocycles. The van der Waals surface area contributed by atoms with Crippen LogP contribution in [0.4, 0.5) is 0 Å². The summed E-state index contributed by atoms with van der Waals surface area (Å²) in [7, 11) is -6.21. The van der Waals surface area contributed by atoms with E-state index in [4.69, 9.17) is 14.4 Å². The molecule has 0 unspecified atom stereocenters. The fraction of sp³-hybridized carbons (Fsp3) is 0.846. The maximum absolute atomic E-state index is 9.89. The zero-order valence-corrected chi connectivity index (χ0v) is 22.2. The van der Waals surface area contributed by atoms with E-state index in [1.54, 1.807) is 0 Å². The van der Waals surface area contributed by atoms with Crippen molar-refractivity contribution in [2.45, 2.75) is 71.9 Å². The van der Waals surface area contributed by atoms with Crippen molar-refractivity contribution in [3.63, 3.8) is 0 Å². The van der Waals surface area contributed by atoms with Crippen LogP contribution < -0.4 is 0 Å². The van der Waals surface area contributed by atoms with E-state index in [-0.39, 0.29) is 29.1 Å². The molecule has 0 aromatic heterocycles. The minimum atomic E-state index is -1.61. The summed E-state index contributed by atoms with van der Waals surface area (Å²) in [5.41, 5.74) is 0. The van der Waals surface area contributed by atoms with Crippen molar-refractivity contribution in [3.8, 4) is 0 Å². The number of hydrogen-bond donors (Lipinski definition) is 3. The SMILES string of the molecule is C[Si](C)(C)O.C[Si](C)(C)O.C[Si](C)(C)O.[CH2-][Si](=O)CC.[CH3-].[Ti+2]. The van der Waals surface area contributed by atoms with Crippen LogP contribution in [0.2, 0.25) is 65.0 Å². The average molecular weight is 421 g/mol. The van der Waals surface area contributed by atoms with Crippen molar-refractivity contribution in [3.05, 3.63) is 14.0 Å². The Morgan fingerprint density at radius 2 is 0.818 bits per heavy atom. The Morgan fingerprint density at radius 3 is 0.818 bits per heavy atom. The second-order valence-electron chi connectivity index (χ2n) is 7.40. The minimum Gasteiger partial charge on any atom is -0.433 e. The Labute approximate surface area is 159 Å². The fourth-order valence-corrected chi connectivity index (χ4v) is 0. The molecule has 0 aromatic rings. The first-order chi connectivity index (χ1) is 8.27. The zero-order valence-electron chi connectivity index (χ0n) is 16.7. The quantitative estimate of drug-likeness (QED) is 0.447. The van der Waals surface area contributed by atoms with Gasteiger partial charge in [0.2, 0.25) is 0 Å². The van der Waals surface area contributed by atoms with Crippen molar-refractivity contribution in [2.75, 3.05) is 0 Å². The van der Waals surface area contributed by atoms with E-state index in [1.165, 1.54) is 0 Å². The third-order valence-electron chi connectivity index (χ3n) is 0.394. The smallest absolute Gasteiger partial charge is 0.433 e. The molecule has 0 aliphatic carbocycles. The van der Waals surface area contributed by atoms with E-state index >= 15 is 0 Å². The first-order valence-corrected chi connectivity index (χ1v) is 19.0. The monoisotopic (exact) mass is 420 g/mol. The molecule has 0 spiro atoms. The van der Waals surface area contributed by atoms with Crippen molar-refractivity contribution in [2.24, 2.45) is 0 Å². The molecule has 9 heteroatoms. The van der Waals surface area contributed by atoms with Gasteiger partial charge in [0.15, 0.2) is 25.0 Å². The van der Waals surface area contributed by atoms with Crippen molar-refractivity contribution in [1.82, 2.24) is 0 Å². The summed E-state index contributed by atoms with van der Waals surface area (Å²) in [6.07, 6.45) is 0. The Hall–Kier alpha value is 1.13. The molecule has 3 N–H and O–H groups in total. The number of hydrogen-bond acceptors (Lipinski definition) is 4. The van der Waals surface area contributed by atoms with Gasteiger partial charge < -0.3 is 32.8 Å². The summed E-state index contributed by atoms with van der Waals surface area (Å²) in [6, 6.07) is 0.741. The van der Waals surface area contributed by atoms with Crippen LogP contribution in [0.1, 0.15) is 6.92 Å². The van der Waals surface area contributed by atoms with E-state index in [2.05, 4.69) is 6.55 Å². The van der Waals surface area contributed by atoms with E-state index < -0.39 is 33.6 Å². The van der Waals surface area contributed by atoms with Crippen LogP contribution in [0.15, 0.2) is 0 Å². The van der Waals surface area contributed by atoms with Crippen LogP contribution in [-0.4, -0.2) is 48.0 Å². The molecule has 0 aliphatic rings. The summed E-state index contributed by atoms with van der Waals surface area (Å²) in [6.45, 7) is 22.1. The summed E-state index contributed by atoms with van der Waals surface area (Å²) in [4.78, 5) is 26.0. The van der Waals surface area contributed by atoms with Gasteiger partial charge in [0.25, 0.3) is 0 Å². The van der Waals surface area contributed by atoms with E-state index in [0.717, 1.165) is 6.04 Å². The molecule has 4 nitrogen and oxygen atoms in total. The molecular formula is C13H40O4Si4Ti. The molecular weight excluding hydrogens is 380 g/mol. The molecule has 0 bridgehead atoms. The zero-order chi connectivity index (χ0) is 17.8. The molecule has 0 saturated heterocycles. The van der Waals surface area contributed by atoms with Gasteiger partial charge in [-0.2, -0.15) is 0 Å². The average Bonchev–Trinajstić information content (AvgIpc) is 1.93. The maximum atomic E-state index is 9.89. The summed E-state index contributed by atoms with van der Waals surface area (Å²) in [5.74, 6) is 0. The topological polar surface area (TPSA) is 77.8 Å². The van der Waals surface area contributed by atoms with Crippen LogP contribution >= 0.6 is 0 Å². The van der Waals surface area contributed by atoms with E-state index in [0.29, 0.717) is 0 Å². The van der Waals surface area contributed by atoms with Gasteiger partial charge in [0, 0.05) is 0 Å². The van der Waals surface area contributed by atoms with E-state index in [9.17, 15) is 4.46 Å². The van der Waals surface area contributed by atoms with Gasteiger partial charge in [-0.3, -0.25) is 0 Å². The Bertz CT molecular complexity index is 187. The standard InChI is InChI=1S/3C3H10OSi.C3H7OSi.CH3.Ti/c3*1-5(2,3)4;1-3-5(2)4;;/h3*4H,1-3H3;2-3H2,1H3;1H3;/q;;;2*-1;+2. The summed E-state index contributed by atoms with van der Waals surface area (Å²) < 4.78 is 9.89. The molecule has 136 valence electrons. The maximum Gasteiger partial charge on any atom is 2.00 e.